The molecule has 1 aromatic carbocycles. The Balaban J connectivity index is 1.79. The van der Waals surface area contributed by atoms with E-state index in [1.165, 1.54) is 18.4 Å². The van der Waals surface area contributed by atoms with Gasteiger partial charge in [0.2, 0.25) is 0 Å². The predicted octanol–water partition coefficient (Wildman–Crippen LogP) is 4.34. The van der Waals surface area contributed by atoms with Gasteiger partial charge in [-0.2, -0.15) is 0 Å². The van der Waals surface area contributed by atoms with Crippen LogP contribution >= 0.6 is 27.5 Å². The van der Waals surface area contributed by atoms with E-state index in [9.17, 15) is 0 Å². The molecule has 1 aliphatic rings. The van der Waals surface area contributed by atoms with Crippen molar-refractivity contribution in [3.05, 3.63) is 28.2 Å². The maximum atomic E-state index is 6.13. The number of halogens is 2. The lowest BCUT2D eigenvalue weighted by Gasteiger charge is -2.25. The van der Waals surface area contributed by atoms with Crippen LogP contribution in [0.5, 0.6) is 5.75 Å². The van der Waals surface area contributed by atoms with E-state index in [1.807, 2.05) is 12.1 Å². The summed E-state index contributed by atoms with van der Waals surface area (Å²) in [6.45, 7) is 1.95. The third-order valence-electron chi connectivity index (χ3n) is 3.78. The highest BCUT2D eigenvalue weighted by Gasteiger charge is 2.18. The Morgan fingerprint density at radius 2 is 2.05 bits per heavy atom. The van der Waals surface area contributed by atoms with E-state index in [0.717, 1.165) is 42.1 Å². The first-order valence-electron chi connectivity index (χ1n) is 6.86. The number of rotatable bonds is 5. The summed E-state index contributed by atoms with van der Waals surface area (Å²) in [7, 11) is 1.70. The zero-order valence-corrected chi connectivity index (χ0v) is 13.6. The first-order chi connectivity index (χ1) is 9.19. The minimum atomic E-state index is 0.406. The summed E-state index contributed by atoms with van der Waals surface area (Å²) in [6.07, 6.45) is 4.83. The normalized spacial score (nSPS) is 23.3. The molecule has 1 aromatic rings. The summed E-state index contributed by atoms with van der Waals surface area (Å²) in [5.41, 5.74) is 1.24. The fourth-order valence-corrected chi connectivity index (χ4v) is 3.19. The van der Waals surface area contributed by atoms with Crippen molar-refractivity contribution in [1.29, 1.82) is 0 Å². The van der Waals surface area contributed by atoms with E-state index < -0.39 is 0 Å². The van der Waals surface area contributed by atoms with Crippen LogP contribution in [0.2, 0.25) is 0 Å². The Morgan fingerprint density at radius 1 is 1.32 bits per heavy atom. The zero-order valence-electron chi connectivity index (χ0n) is 11.3. The third-order valence-corrected chi connectivity index (χ3v) is 4.99. The highest BCUT2D eigenvalue weighted by molar-refractivity contribution is 9.10. The van der Waals surface area contributed by atoms with Gasteiger partial charge in [0.25, 0.3) is 0 Å². The average molecular weight is 347 g/mol. The molecule has 0 heterocycles. The molecule has 1 fully saturated rings. The van der Waals surface area contributed by atoms with Gasteiger partial charge in [0, 0.05) is 16.4 Å². The van der Waals surface area contributed by atoms with Crippen LogP contribution in [0.25, 0.3) is 0 Å². The second kappa shape index (κ2) is 7.51. The molecule has 4 heteroatoms. The number of methoxy groups -OCH3 is 1. The highest BCUT2D eigenvalue weighted by Crippen LogP contribution is 2.27. The van der Waals surface area contributed by atoms with E-state index >= 15 is 0 Å². The minimum absolute atomic E-state index is 0.406. The van der Waals surface area contributed by atoms with Crippen LogP contribution in [0, 0.1) is 5.92 Å². The van der Waals surface area contributed by atoms with E-state index in [1.54, 1.807) is 7.11 Å². The predicted molar refractivity (Wildman–Crippen MR) is 84.0 cm³/mol. The Morgan fingerprint density at radius 3 is 2.74 bits per heavy atom. The van der Waals surface area contributed by atoms with Crippen LogP contribution < -0.4 is 10.1 Å². The van der Waals surface area contributed by atoms with Gasteiger partial charge in [0.15, 0.2) is 0 Å². The lowest BCUT2D eigenvalue weighted by atomic mass is 9.89. The molecule has 1 saturated carbocycles. The number of nitrogens with one attached hydrogen (secondary N) is 1. The van der Waals surface area contributed by atoms with Crippen molar-refractivity contribution < 1.29 is 4.74 Å². The van der Waals surface area contributed by atoms with Crippen molar-refractivity contribution in [2.75, 3.05) is 13.7 Å². The summed E-state index contributed by atoms with van der Waals surface area (Å²) >= 11 is 9.71. The zero-order chi connectivity index (χ0) is 13.7. The van der Waals surface area contributed by atoms with Crippen molar-refractivity contribution in [3.8, 4) is 5.75 Å². The topological polar surface area (TPSA) is 21.3 Å². The van der Waals surface area contributed by atoms with E-state index in [2.05, 4.69) is 27.3 Å². The van der Waals surface area contributed by atoms with Gasteiger partial charge in [-0.15, -0.1) is 11.6 Å². The molecule has 0 atom stereocenters. The monoisotopic (exact) mass is 345 g/mol. The first kappa shape index (κ1) is 15.1. The number of hydrogen-bond donors (Lipinski definition) is 1. The van der Waals surface area contributed by atoms with Crippen LogP contribution in [0.15, 0.2) is 22.7 Å². The maximum absolute atomic E-state index is 6.13. The molecule has 2 nitrogen and oxygen atoms in total. The molecule has 0 unspecified atom stereocenters. The summed E-state index contributed by atoms with van der Waals surface area (Å²) in [5, 5.41) is 3.96. The summed E-state index contributed by atoms with van der Waals surface area (Å²) in [6, 6.07) is 6.08. The summed E-state index contributed by atoms with van der Waals surface area (Å²) in [4.78, 5) is 0. The maximum Gasteiger partial charge on any atom is 0.119 e. The molecule has 0 saturated heterocycles. The molecule has 2 rings (SSSR count). The van der Waals surface area contributed by atoms with Gasteiger partial charge in [0.05, 0.1) is 7.11 Å². The van der Waals surface area contributed by atoms with Crippen molar-refractivity contribution in [1.82, 2.24) is 5.32 Å². The molecule has 0 spiro atoms. The third kappa shape index (κ3) is 4.66. The van der Waals surface area contributed by atoms with E-state index in [-0.39, 0.29) is 0 Å². The minimum Gasteiger partial charge on any atom is -0.497 e. The Kier molecular flexibility index (Phi) is 5.99. The van der Waals surface area contributed by atoms with Crippen molar-refractivity contribution >= 4 is 27.5 Å². The fourth-order valence-electron chi connectivity index (χ4n) is 2.55. The quantitative estimate of drug-likeness (QED) is 0.801. The standard InChI is InChI=1S/C15H21BrClNO/c1-19-14-6-7-15(16)12(8-14)10-18-9-11-2-4-13(17)5-3-11/h6-8,11,13,18H,2-5,9-10H2,1H3. The molecule has 106 valence electrons. The van der Waals surface area contributed by atoms with Gasteiger partial charge < -0.3 is 10.1 Å². The Labute approximate surface area is 129 Å². The molecule has 0 aliphatic heterocycles. The van der Waals surface area contributed by atoms with Crippen molar-refractivity contribution in [2.24, 2.45) is 5.92 Å². The number of ether oxygens (including phenoxy) is 1. The van der Waals surface area contributed by atoms with Gasteiger partial charge in [0.1, 0.15) is 5.75 Å². The van der Waals surface area contributed by atoms with Gasteiger partial charge in [-0.05, 0) is 61.9 Å². The van der Waals surface area contributed by atoms with E-state index in [4.69, 9.17) is 16.3 Å². The van der Waals surface area contributed by atoms with Crippen LogP contribution in [-0.2, 0) is 6.54 Å². The smallest absolute Gasteiger partial charge is 0.119 e. The van der Waals surface area contributed by atoms with Gasteiger partial charge in [-0.3, -0.25) is 0 Å². The molecule has 0 aromatic heterocycles. The Hall–Kier alpha value is -0.250. The molecular weight excluding hydrogens is 326 g/mol. The summed E-state index contributed by atoms with van der Waals surface area (Å²) < 4.78 is 6.38. The molecule has 19 heavy (non-hydrogen) atoms. The first-order valence-corrected chi connectivity index (χ1v) is 8.09. The Bertz CT molecular complexity index is 405. The second-order valence-corrected chi connectivity index (χ2v) is 6.68. The molecule has 0 radical (unpaired) electrons. The lowest BCUT2D eigenvalue weighted by molar-refractivity contribution is 0.345. The summed E-state index contributed by atoms with van der Waals surface area (Å²) in [5.74, 6) is 1.68. The molecule has 1 N–H and O–H groups in total. The van der Waals surface area contributed by atoms with E-state index in [0.29, 0.717) is 5.38 Å². The lowest BCUT2D eigenvalue weighted by Crippen LogP contribution is -2.26. The molecule has 1 aliphatic carbocycles. The van der Waals surface area contributed by atoms with Gasteiger partial charge in [-0.1, -0.05) is 15.9 Å². The number of alkyl halides is 1. The van der Waals surface area contributed by atoms with Crippen LogP contribution in [-0.4, -0.2) is 19.0 Å². The number of hydrogen-bond acceptors (Lipinski definition) is 2. The fraction of sp³-hybridized carbons (Fsp3) is 0.600. The van der Waals surface area contributed by atoms with Gasteiger partial charge in [-0.25, -0.2) is 0 Å². The van der Waals surface area contributed by atoms with Crippen molar-refractivity contribution in [3.63, 3.8) is 0 Å². The van der Waals surface area contributed by atoms with Crippen LogP contribution in [0.4, 0.5) is 0 Å². The van der Waals surface area contributed by atoms with Crippen molar-refractivity contribution in [2.45, 2.75) is 37.6 Å². The molecular formula is C15H21BrClNO. The van der Waals surface area contributed by atoms with Crippen LogP contribution in [0.3, 0.4) is 0 Å². The second-order valence-electron chi connectivity index (χ2n) is 5.21. The van der Waals surface area contributed by atoms with Crippen LogP contribution in [0.1, 0.15) is 31.2 Å². The van der Waals surface area contributed by atoms with Gasteiger partial charge >= 0.3 is 0 Å². The largest absolute Gasteiger partial charge is 0.497 e. The molecule has 0 bridgehead atoms. The SMILES string of the molecule is COc1ccc(Br)c(CNCC2CCC(Cl)CC2)c1. The number of benzene rings is 1. The average Bonchev–Trinajstić information content (AvgIpc) is 2.43. The molecule has 0 amide bonds. The highest BCUT2D eigenvalue weighted by atomic mass is 79.9.